The quantitative estimate of drug-likeness (QED) is 0.312. The lowest BCUT2D eigenvalue weighted by molar-refractivity contribution is 0.0718. The topological polar surface area (TPSA) is 53.7 Å². The Bertz CT molecular complexity index is 1410. The van der Waals surface area contributed by atoms with Crippen LogP contribution in [0.5, 0.6) is 0 Å². The number of aryl methyl sites for hydroxylation is 1. The van der Waals surface area contributed by atoms with Crippen molar-refractivity contribution < 1.29 is 9.18 Å². The fourth-order valence-corrected chi connectivity index (χ4v) is 4.99. The molecule has 1 saturated heterocycles. The Kier molecular flexibility index (Phi) is 6.38. The van der Waals surface area contributed by atoms with Crippen molar-refractivity contribution in [2.24, 2.45) is 0 Å². The minimum atomic E-state index is -0.530. The van der Waals surface area contributed by atoms with Crippen LogP contribution >= 0.6 is 23.2 Å². The zero-order valence-corrected chi connectivity index (χ0v) is 20.9. The average Bonchev–Trinajstić information content (AvgIpc) is 3.29. The van der Waals surface area contributed by atoms with Gasteiger partial charge >= 0.3 is 0 Å². The lowest BCUT2D eigenvalue weighted by atomic mass is 10.1. The molecule has 9 heteroatoms. The number of carbonyl (C=O) groups is 1. The summed E-state index contributed by atoms with van der Waals surface area (Å²) in [7, 11) is 1.88. The van der Waals surface area contributed by atoms with Crippen LogP contribution < -0.4 is 4.90 Å². The first-order valence-electron chi connectivity index (χ1n) is 11.5. The molecule has 6 nitrogen and oxygen atoms in total. The molecule has 3 heterocycles. The van der Waals surface area contributed by atoms with E-state index in [0.29, 0.717) is 33.4 Å². The van der Waals surface area contributed by atoms with Crippen LogP contribution in [0.4, 0.5) is 15.9 Å². The Balaban J connectivity index is 1.68. The van der Waals surface area contributed by atoms with Gasteiger partial charge in [0.15, 0.2) is 11.3 Å². The summed E-state index contributed by atoms with van der Waals surface area (Å²) in [5.41, 5.74) is 3.66. The van der Waals surface area contributed by atoms with Gasteiger partial charge in [-0.15, -0.1) is 0 Å². The summed E-state index contributed by atoms with van der Waals surface area (Å²) in [6.45, 7) is 3.42. The molecule has 0 unspecified atom stereocenters. The first kappa shape index (κ1) is 23.6. The number of carbonyl (C=O) groups excluding carboxylic acids is 1. The number of nitrogens with zero attached hydrogens (tertiary/aromatic N) is 5. The van der Waals surface area contributed by atoms with Gasteiger partial charge in [0.05, 0.1) is 21.4 Å². The van der Waals surface area contributed by atoms with Crippen molar-refractivity contribution in [1.82, 2.24) is 19.5 Å². The van der Waals surface area contributed by atoms with E-state index in [9.17, 15) is 9.18 Å². The smallest absolute Gasteiger partial charge is 0.274 e. The predicted molar refractivity (Wildman–Crippen MR) is 137 cm³/mol. The number of fused-ring (bicyclic) bond motifs is 1. The van der Waals surface area contributed by atoms with Crippen LogP contribution in [-0.4, -0.2) is 45.5 Å². The van der Waals surface area contributed by atoms with E-state index >= 15 is 0 Å². The van der Waals surface area contributed by atoms with Gasteiger partial charge in [-0.2, -0.15) is 9.61 Å². The molecule has 0 bridgehead atoms. The third-order valence-corrected chi connectivity index (χ3v) is 6.97. The van der Waals surface area contributed by atoms with Gasteiger partial charge in [0.2, 0.25) is 0 Å². The van der Waals surface area contributed by atoms with E-state index in [0.717, 1.165) is 43.6 Å². The average molecular weight is 512 g/mol. The molecule has 35 heavy (non-hydrogen) atoms. The minimum Gasteiger partial charge on any atom is -0.337 e. The van der Waals surface area contributed by atoms with Crippen LogP contribution in [0.1, 0.15) is 35.3 Å². The van der Waals surface area contributed by atoms with Crippen LogP contribution in [0.3, 0.4) is 0 Å². The molecular weight excluding hydrogens is 488 g/mol. The summed E-state index contributed by atoms with van der Waals surface area (Å²) in [5, 5.41) is 5.26. The summed E-state index contributed by atoms with van der Waals surface area (Å²) >= 11 is 12.5. The SMILES string of the molecule is Cc1cccc(Cl)c1N(C)c1cc(-c2ccc(Cl)c(F)c2)nc2cc(C(=O)N3CCCCC3)nn12. The van der Waals surface area contributed by atoms with Crippen molar-refractivity contribution in [2.75, 3.05) is 25.0 Å². The van der Waals surface area contributed by atoms with E-state index in [1.807, 2.05) is 42.0 Å². The van der Waals surface area contributed by atoms with Crippen LogP contribution in [0.2, 0.25) is 10.0 Å². The number of benzene rings is 2. The van der Waals surface area contributed by atoms with Crippen molar-refractivity contribution in [3.63, 3.8) is 0 Å². The highest BCUT2D eigenvalue weighted by atomic mass is 35.5. The van der Waals surface area contributed by atoms with Gasteiger partial charge in [0.25, 0.3) is 5.91 Å². The highest BCUT2D eigenvalue weighted by Gasteiger charge is 2.24. The van der Waals surface area contributed by atoms with Crippen molar-refractivity contribution in [2.45, 2.75) is 26.2 Å². The lowest BCUT2D eigenvalue weighted by Gasteiger charge is -2.25. The van der Waals surface area contributed by atoms with E-state index < -0.39 is 5.82 Å². The van der Waals surface area contributed by atoms with Crippen molar-refractivity contribution >= 4 is 46.3 Å². The molecular formula is C26H24Cl2FN5O. The number of likely N-dealkylation sites (tertiary alicyclic amines) is 1. The molecule has 1 aliphatic heterocycles. The van der Waals surface area contributed by atoms with E-state index in [1.54, 1.807) is 22.7 Å². The number of anilines is 2. The van der Waals surface area contributed by atoms with E-state index in [1.165, 1.54) is 12.1 Å². The molecule has 0 N–H and O–H groups in total. The maximum atomic E-state index is 14.3. The summed E-state index contributed by atoms with van der Waals surface area (Å²) in [5.74, 6) is -0.0109. The number of hydrogen-bond acceptors (Lipinski definition) is 4. The van der Waals surface area contributed by atoms with Crippen molar-refractivity contribution in [1.29, 1.82) is 0 Å². The molecule has 0 saturated carbocycles. The fourth-order valence-electron chi connectivity index (χ4n) is 4.53. The fraction of sp³-hybridized carbons (Fsp3) is 0.269. The van der Waals surface area contributed by atoms with Gasteiger partial charge in [0.1, 0.15) is 11.6 Å². The zero-order valence-electron chi connectivity index (χ0n) is 19.4. The molecule has 2 aromatic heterocycles. The van der Waals surface area contributed by atoms with Gasteiger partial charge in [-0.3, -0.25) is 4.79 Å². The van der Waals surface area contributed by atoms with Gasteiger partial charge in [-0.1, -0.05) is 41.4 Å². The molecule has 2 aromatic carbocycles. The van der Waals surface area contributed by atoms with Crippen LogP contribution in [0.15, 0.2) is 48.5 Å². The minimum absolute atomic E-state index is 0.0395. The van der Waals surface area contributed by atoms with E-state index in [-0.39, 0.29) is 10.9 Å². The van der Waals surface area contributed by atoms with Gasteiger partial charge in [-0.25, -0.2) is 9.37 Å². The normalized spacial score (nSPS) is 13.9. The standard InChI is InChI=1S/C26H24Cl2FN5O/c1-16-7-6-8-19(28)25(16)32(2)24-15-21(17-9-10-18(27)20(29)13-17)30-23-14-22(31-34(23)24)26(35)33-11-4-3-5-12-33/h6-10,13-15H,3-5,11-12H2,1-2H3. The second-order valence-electron chi connectivity index (χ2n) is 8.75. The monoisotopic (exact) mass is 511 g/mol. The van der Waals surface area contributed by atoms with Crippen molar-refractivity contribution in [3.05, 3.63) is 75.7 Å². The number of aromatic nitrogens is 3. The van der Waals surface area contributed by atoms with E-state index in [2.05, 4.69) is 5.10 Å². The number of rotatable bonds is 4. The maximum Gasteiger partial charge on any atom is 0.274 e. The molecule has 180 valence electrons. The molecule has 0 aliphatic carbocycles. The first-order valence-corrected chi connectivity index (χ1v) is 12.2. The lowest BCUT2D eigenvalue weighted by Crippen LogP contribution is -2.35. The Hall–Kier alpha value is -3.16. The summed E-state index contributed by atoms with van der Waals surface area (Å²) in [4.78, 5) is 21.6. The number of piperidine rings is 1. The van der Waals surface area contributed by atoms with Crippen molar-refractivity contribution in [3.8, 4) is 11.3 Å². The van der Waals surface area contributed by atoms with Crippen LogP contribution in [-0.2, 0) is 0 Å². The molecule has 1 fully saturated rings. The maximum absolute atomic E-state index is 14.3. The Labute approximate surface area is 212 Å². The van der Waals surface area contributed by atoms with Gasteiger partial charge in [0, 0.05) is 37.8 Å². The molecule has 0 spiro atoms. The number of amides is 1. The number of halogens is 3. The second kappa shape index (κ2) is 9.47. The molecule has 5 rings (SSSR count). The number of para-hydroxylation sites is 1. The van der Waals surface area contributed by atoms with Crippen LogP contribution in [0.25, 0.3) is 16.9 Å². The predicted octanol–water partition coefficient (Wildman–Crippen LogP) is 6.54. The van der Waals surface area contributed by atoms with Gasteiger partial charge < -0.3 is 9.80 Å². The van der Waals surface area contributed by atoms with Crippen LogP contribution in [0, 0.1) is 12.7 Å². The first-order chi connectivity index (χ1) is 16.8. The highest BCUT2D eigenvalue weighted by Crippen LogP contribution is 2.35. The molecule has 0 atom stereocenters. The highest BCUT2D eigenvalue weighted by molar-refractivity contribution is 6.33. The zero-order chi connectivity index (χ0) is 24.7. The summed E-state index contributed by atoms with van der Waals surface area (Å²) < 4.78 is 15.9. The molecule has 1 amide bonds. The summed E-state index contributed by atoms with van der Waals surface area (Å²) in [6.07, 6.45) is 3.11. The second-order valence-corrected chi connectivity index (χ2v) is 9.56. The Morgan fingerprint density at radius 2 is 1.80 bits per heavy atom. The molecule has 4 aromatic rings. The Morgan fingerprint density at radius 1 is 1.03 bits per heavy atom. The third-order valence-electron chi connectivity index (χ3n) is 6.35. The third kappa shape index (κ3) is 4.46. The molecule has 0 radical (unpaired) electrons. The Morgan fingerprint density at radius 3 is 2.51 bits per heavy atom. The number of hydrogen-bond donors (Lipinski definition) is 0. The summed E-state index contributed by atoms with van der Waals surface area (Å²) in [6, 6.07) is 13.7. The largest absolute Gasteiger partial charge is 0.337 e. The molecule has 1 aliphatic rings. The van der Waals surface area contributed by atoms with E-state index in [4.69, 9.17) is 28.2 Å². The van der Waals surface area contributed by atoms with Gasteiger partial charge in [-0.05, 0) is 49.9 Å².